The number of nitrogens with one attached hydrogen (secondary N) is 2. The summed E-state index contributed by atoms with van der Waals surface area (Å²) in [4.78, 5) is 27.5. The summed E-state index contributed by atoms with van der Waals surface area (Å²) in [5.41, 5.74) is 3.50. The molecule has 108 valence electrons. The minimum absolute atomic E-state index is 0.271. The number of benzene rings is 1. The van der Waals surface area contributed by atoms with Crippen LogP contribution in [0.2, 0.25) is 0 Å². The van der Waals surface area contributed by atoms with Gasteiger partial charge in [-0.3, -0.25) is 14.6 Å². The molecule has 1 aromatic carbocycles. The number of amides is 2. The van der Waals surface area contributed by atoms with E-state index in [-0.39, 0.29) is 6.54 Å². The second kappa shape index (κ2) is 6.65. The number of hydrogen-bond acceptors (Lipinski definition) is 3. The Hall–Kier alpha value is -2.69. The van der Waals surface area contributed by atoms with Crippen LogP contribution in [0.4, 0.5) is 5.69 Å². The van der Waals surface area contributed by atoms with Gasteiger partial charge in [-0.05, 0) is 37.1 Å². The number of nitrogens with zero attached hydrogens (tertiary/aromatic N) is 1. The first-order valence-corrected chi connectivity index (χ1v) is 6.61. The van der Waals surface area contributed by atoms with Crippen LogP contribution in [0.3, 0.4) is 0 Å². The highest BCUT2D eigenvalue weighted by Crippen LogP contribution is 2.15. The molecule has 0 spiro atoms. The van der Waals surface area contributed by atoms with Crippen LogP contribution in [-0.2, 0) is 16.1 Å². The first-order valence-electron chi connectivity index (χ1n) is 6.61. The molecule has 21 heavy (non-hydrogen) atoms. The summed E-state index contributed by atoms with van der Waals surface area (Å²) in [5.74, 6) is -1.34. The minimum Gasteiger partial charge on any atom is -0.344 e. The van der Waals surface area contributed by atoms with Crippen LogP contribution in [0.5, 0.6) is 0 Å². The average molecular weight is 283 g/mol. The molecule has 2 N–H and O–H groups in total. The maximum Gasteiger partial charge on any atom is 0.313 e. The molecule has 0 saturated carbocycles. The van der Waals surface area contributed by atoms with Crippen molar-refractivity contribution in [3.05, 3.63) is 59.4 Å². The van der Waals surface area contributed by atoms with E-state index in [1.807, 2.05) is 32.0 Å². The fourth-order valence-electron chi connectivity index (χ4n) is 1.90. The third-order valence-electron chi connectivity index (χ3n) is 3.01. The molecule has 0 fully saturated rings. The Balaban J connectivity index is 1.92. The van der Waals surface area contributed by atoms with Gasteiger partial charge in [-0.1, -0.05) is 23.8 Å². The summed E-state index contributed by atoms with van der Waals surface area (Å²) in [6.07, 6.45) is 3.29. The van der Waals surface area contributed by atoms with E-state index in [1.165, 1.54) is 0 Å². The Labute approximate surface area is 123 Å². The number of hydrogen-bond donors (Lipinski definition) is 2. The molecule has 1 aromatic heterocycles. The van der Waals surface area contributed by atoms with E-state index >= 15 is 0 Å². The highest BCUT2D eigenvalue weighted by molar-refractivity contribution is 6.39. The Bertz CT molecular complexity index is 654. The van der Waals surface area contributed by atoms with E-state index in [1.54, 1.807) is 24.5 Å². The van der Waals surface area contributed by atoms with Crippen molar-refractivity contribution in [3.8, 4) is 0 Å². The van der Waals surface area contributed by atoms with Crippen molar-refractivity contribution in [3.63, 3.8) is 0 Å². The molecule has 2 rings (SSSR count). The van der Waals surface area contributed by atoms with E-state index < -0.39 is 11.8 Å². The lowest BCUT2D eigenvalue weighted by Crippen LogP contribution is -2.35. The molecule has 0 aliphatic rings. The van der Waals surface area contributed by atoms with Gasteiger partial charge in [0.15, 0.2) is 0 Å². The maximum absolute atomic E-state index is 11.8. The lowest BCUT2D eigenvalue weighted by Gasteiger charge is -2.09. The largest absolute Gasteiger partial charge is 0.344 e. The molecule has 0 aliphatic heterocycles. The summed E-state index contributed by atoms with van der Waals surface area (Å²) in [7, 11) is 0. The fourth-order valence-corrected chi connectivity index (χ4v) is 1.90. The molecular formula is C16H17N3O2. The van der Waals surface area contributed by atoms with Crippen molar-refractivity contribution in [2.45, 2.75) is 20.4 Å². The number of carbonyl (C=O) groups excluding carboxylic acids is 2. The average Bonchev–Trinajstić information content (AvgIpc) is 2.48. The van der Waals surface area contributed by atoms with Gasteiger partial charge in [-0.25, -0.2) is 0 Å². The van der Waals surface area contributed by atoms with Gasteiger partial charge in [0.2, 0.25) is 0 Å². The second-order valence-electron chi connectivity index (χ2n) is 4.82. The topological polar surface area (TPSA) is 71.1 Å². The number of carbonyl (C=O) groups is 2. The first-order chi connectivity index (χ1) is 10.1. The number of aryl methyl sites for hydroxylation is 2. The molecule has 5 heteroatoms. The van der Waals surface area contributed by atoms with E-state index in [9.17, 15) is 9.59 Å². The van der Waals surface area contributed by atoms with Gasteiger partial charge in [0.05, 0.1) is 0 Å². The first kappa shape index (κ1) is 14.7. The van der Waals surface area contributed by atoms with E-state index in [2.05, 4.69) is 15.6 Å². The molecular weight excluding hydrogens is 266 g/mol. The molecule has 0 radical (unpaired) electrons. The zero-order valence-corrected chi connectivity index (χ0v) is 12.0. The van der Waals surface area contributed by atoms with Crippen LogP contribution in [-0.4, -0.2) is 16.8 Å². The summed E-state index contributed by atoms with van der Waals surface area (Å²) in [5, 5.41) is 5.17. The number of rotatable bonds is 3. The van der Waals surface area contributed by atoms with Crippen molar-refractivity contribution >= 4 is 17.5 Å². The highest BCUT2D eigenvalue weighted by Gasteiger charge is 2.14. The van der Waals surface area contributed by atoms with Gasteiger partial charge in [0.1, 0.15) is 0 Å². The molecule has 2 amide bonds. The van der Waals surface area contributed by atoms with Crippen LogP contribution < -0.4 is 10.6 Å². The van der Waals surface area contributed by atoms with Gasteiger partial charge >= 0.3 is 11.8 Å². The van der Waals surface area contributed by atoms with Gasteiger partial charge in [0.25, 0.3) is 0 Å². The van der Waals surface area contributed by atoms with Crippen LogP contribution >= 0.6 is 0 Å². The fraction of sp³-hybridized carbons (Fsp3) is 0.188. The van der Waals surface area contributed by atoms with E-state index in [0.29, 0.717) is 5.69 Å². The summed E-state index contributed by atoms with van der Waals surface area (Å²) < 4.78 is 0. The third kappa shape index (κ3) is 4.14. The number of anilines is 1. The third-order valence-corrected chi connectivity index (χ3v) is 3.01. The molecule has 1 heterocycles. The molecule has 0 bridgehead atoms. The number of aromatic nitrogens is 1. The van der Waals surface area contributed by atoms with Crippen molar-refractivity contribution in [2.75, 3.05) is 5.32 Å². The Morgan fingerprint density at radius 1 is 1.14 bits per heavy atom. The molecule has 0 aliphatic carbocycles. The Morgan fingerprint density at radius 3 is 2.62 bits per heavy atom. The van der Waals surface area contributed by atoms with Crippen molar-refractivity contribution in [1.82, 2.24) is 10.3 Å². The minimum atomic E-state index is -0.675. The van der Waals surface area contributed by atoms with Crippen LogP contribution in [0, 0.1) is 13.8 Å². The maximum atomic E-state index is 11.8. The van der Waals surface area contributed by atoms with Gasteiger partial charge in [0, 0.05) is 24.6 Å². The number of pyridine rings is 1. The molecule has 0 atom stereocenters. The van der Waals surface area contributed by atoms with Crippen LogP contribution in [0.25, 0.3) is 0 Å². The second-order valence-corrected chi connectivity index (χ2v) is 4.82. The van der Waals surface area contributed by atoms with Gasteiger partial charge in [-0.2, -0.15) is 0 Å². The van der Waals surface area contributed by atoms with Crippen LogP contribution in [0.15, 0.2) is 42.7 Å². The van der Waals surface area contributed by atoms with Crippen molar-refractivity contribution in [1.29, 1.82) is 0 Å². The molecule has 0 saturated heterocycles. The Kier molecular flexibility index (Phi) is 4.66. The van der Waals surface area contributed by atoms with Crippen molar-refractivity contribution < 1.29 is 9.59 Å². The molecule has 5 nitrogen and oxygen atoms in total. The summed E-state index contributed by atoms with van der Waals surface area (Å²) in [6.45, 7) is 4.13. The zero-order chi connectivity index (χ0) is 15.2. The van der Waals surface area contributed by atoms with Gasteiger partial charge in [-0.15, -0.1) is 0 Å². The SMILES string of the molecule is Cc1ccc(NC(=O)C(=O)NCc2cccnc2)c(C)c1. The predicted molar refractivity (Wildman–Crippen MR) is 80.6 cm³/mol. The lowest BCUT2D eigenvalue weighted by atomic mass is 10.1. The van der Waals surface area contributed by atoms with Gasteiger partial charge < -0.3 is 10.6 Å². The van der Waals surface area contributed by atoms with Crippen molar-refractivity contribution in [2.24, 2.45) is 0 Å². The lowest BCUT2D eigenvalue weighted by molar-refractivity contribution is -0.136. The van der Waals surface area contributed by atoms with E-state index in [4.69, 9.17) is 0 Å². The zero-order valence-electron chi connectivity index (χ0n) is 12.0. The smallest absolute Gasteiger partial charge is 0.313 e. The normalized spacial score (nSPS) is 10.0. The monoisotopic (exact) mass is 283 g/mol. The Morgan fingerprint density at radius 2 is 1.95 bits per heavy atom. The summed E-state index contributed by atoms with van der Waals surface area (Å²) in [6, 6.07) is 9.23. The summed E-state index contributed by atoms with van der Waals surface area (Å²) >= 11 is 0. The molecule has 2 aromatic rings. The highest BCUT2D eigenvalue weighted by atomic mass is 16.2. The van der Waals surface area contributed by atoms with Crippen LogP contribution in [0.1, 0.15) is 16.7 Å². The standard InChI is InChI=1S/C16H17N3O2/c1-11-5-6-14(12(2)8-11)19-16(21)15(20)18-10-13-4-3-7-17-9-13/h3-9H,10H2,1-2H3,(H,18,20)(H,19,21). The molecule has 0 unspecified atom stereocenters. The predicted octanol–water partition coefficient (Wildman–Crippen LogP) is 1.95. The quantitative estimate of drug-likeness (QED) is 0.846. The van der Waals surface area contributed by atoms with E-state index in [0.717, 1.165) is 16.7 Å².